The van der Waals surface area contributed by atoms with E-state index in [1.54, 1.807) is 22.3 Å². The predicted octanol–water partition coefficient (Wildman–Crippen LogP) is 6.02. The minimum absolute atomic E-state index is 0.408. The Kier molecular flexibility index (Phi) is 4.27. The first kappa shape index (κ1) is 15.2. The summed E-state index contributed by atoms with van der Waals surface area (Å²) in [5.74, 6) is 0. The van der Waals surface area contributed by atoms with Crippen LogP contribution in [0.5, 0.6) is 0 Å². The topological polar surface area (TPSA) is 0 Å². The Hall–Kier alpha value is -0.157. The van der Waals surface area contributed by atoms with Crippen molar-refractivity contribution < 1.29 is 23.2 Å². The summed E-state index contributed by atoms with van der Waals surface area (Å²) in [6.07, 6.45) is 12.2. The molecule has 0 saturated carbocycles. The summed E-state index contributed by atoms with van der Waals surface area (Å²) in [5.41, 5.74) is 6.41. The van der Waals surface area contributed by atoms with E-state index in [2.05, 4.69) is 65.8 Å². The molecule has 2 aliphatic carbocycles. The van der Waals surface area contributed by atoms with E-state index in [0.29, 0.717) is 6.25 Å². The Morgan fingerprint density at radius 3 is 1.84 bits per heavy atom. The molecule has 19 heavy (non-hydrogen) atoms. The quantitative estimate of drug-likeness (QED) is 0.590. The molecule has 0 fully saturated rings. The normalized spacial score (nSPS) is 23.7. The van der Waals surface area contributed by atoms with Gasteiger partial charge in [-0.25, -0.2) is 0 Å². The Labute approximate surface area is 130 Å². The molecule has 0 heterocycles. The summed E-state index contributed by atoms with van der Waals surface area (Å²) in [5, 5.41) is 0. The van der Waals surface area contributed by atoms with E-state index in [1.165, 1.54) is 12.8 Å². The summed E-state index contributed by atoms with van der Waals surface area (Å²) < 4.78 is 0.853. The van der Waals surface area contributed by atoms with Gasteiger partial charge in [0.25, 0.3) is 0 Å². The molecule has 2 rings (SSSR count). The van der Waals surface area contributed by atoms with Crippen LogP contribution in [0.25, 0.3) is 0 Å². The van der Waals surface area contributed by atoms with Gasteiger partial charge in [0.2, 0.25) is 0 Å². The van der Waals surface area contributed by atoms with Gasteiger partial charge in [0.05, 0.1) is 0 Å². The number of rotatable bonds is 4. The van der Waals surface area contributed by atoms with Gasteiger partial charge in [-0.05, 0) is 0 Å². The van der Waals surface area contributed by atoms with Crippen molar-refractivity contribution in [1.82, 2.24) is 0 Å². The fourth-order valence-electron chi connectivity index (χ4n) is 3.48. The van der Waals surface area contributed by atoms with Crippen molar-refractivity contribution in [2.45, 2.75) is 60.6 Å². The fraction of sp³-hybridized carbons (Fsp3) is 0.556. The van der Waals surface area contributed by atoms with Crippen LogP contribution in [0.15, 0.2) is 46.6 Å². The van der Waals surface area contributed by atoms with Crippen molar-refractivity contribution in [3.8, 4) is 0 Å². The van der Waals surface area contributed by atoms with Crippen LogP contribution in [0.1, 0.15) is 54.4 Å². The molecule has 102 valence electrons. The average Bonchev–Trinajstić information content (AvgIpc) is 2.87. The molecule has 0 N–H and O–H groups in total. The van der Waals surface area contributed by atoms with E-state index in [1.807, 2.05) is 0 Å². The molecule has 0 amide bonds. The Morgan fingerprint density at radius 2 is 1.42 bits per heavy atom. The fourth-order valence-corrected chi connectivity index (χ4v) is 9.42. The van der Waals surface area contributed by atoms with E-state index < -0.39 is 23.2 Å². The summed E-state index contributed by atoms with van der Waals surface area (Å²) in [4.78, 5) is 0. The molecule has 0 atom stereocenters. The number of hydrogen-bond acceptors (Lipinski definition) is 0. The Bertz CT molecular complexity index is 464. The standard InChI is InChI=1S/C10H15.C8H11.Zr/c1-6-7(2)9(4)10(5)8(6)3;1-2-5-8-6-3-4-7-8;/h1-5H3;3-4,6-7H,2,5H2,1H3;. The third-order valence-electron chi connectivity index (χ3n) is 5.23. The molecule has 0 unspecified atom stereocenters. The molecule has 1 heteroatoms. The van der Waals surface area contributed by atoms with Crippen molar-refractivity contribution in [3.05, 3.63) is 46.6 Å². The predicted molar refractivity (Wildman–Crippen MR) is 81.0 cm³/mol. The van der Waals surface area contributed by atoms with Crippen LogP contribution in [0.2, 0.25) is 6.25 Å². The second-order valence-corrected chi connectivity index (χ2v) is 11.6. The molecule has 0 nitrogen and oxygen atoms in total. The third kappa shape index (κ3) is 2.44. The van der Waals surface area contributed by atoms with Gasteiger partial charge >= 0.3 is 130 Å². The first-order chi connectivity index (χ1) is 8.86. The molecule has 0 aromatic rings. The zero-order valence-corrected chi connectivity index (χ0v) is 15.7. The molecule has 0 radical (unpaired) electrons. The SMILES string of the molecule is CCC[C]1([Zr][C]2(C)C(C)=C(C)C(C)=C2C)C=CC=C1. The first-order valence-corrected chi connectivity index (χ1v) is 9.85. The van der Waals surface area contributed by atoms with Gasteiger partial charge in [-0.1, -0.05) is 0 Å². The minimum atomic E-state index is -0.637. The van der Waals surface area contributed by atoms with Crippen molar-refractivity contribution in [1.29, 1.82) is 0 Å². The average molecular weight is 334 g/mol. The van der Waals surface area contributed by atoms with E-state index in [9.17, 15) is 0 Å². The van der Waals surface area contributed by atoms with Crippen molar-refractivity contribution >= 4 is 0 Å². The van der Waals surface area contributed by atoms with Crippen LogP contribution in [-0.4, -0.2) is 0 Å². The maximum atomic E-state index is 2.52. The van der Waals surface area contributed by atoms with Gasteiger partial charge in [-0.2, -0.15) is 0 Å². The van der Waals surface area contributed by atoms with Crippen LogP contribution in [0, 0.1) is 0 Å². The van der Waals surface area contributed by atoms with Gasteiger partial charge in [0, 0.05) is 0 Å². The van der Waals surface area contributed by atoms with Gasteiger partial charge in [0.15, 0.2) is 0 Å². The van der Waals surface area contributed by atoms with E-state index in [0.717, 1.165) is 0 Å². The monoisotopic (exact) mass is 332 g/mol. The van der Waals surface area contributed by atoms with Gasteiger partial charge < -0.3 is 0 Å². The zero-order valence-electron chi connectivity index (χ0n) is 13.2. The summed E-state index contributed by atoms with van der Waals surface area (Å²) in [6.45, 7) is 14.2. The summed E-state index contributed by atoms with van der Waals surface area (Å²) in [7, 11) is 0. The summed E-state index contributed by atoms with van der Waals surface area (Å²) in [6, 6.07) is 0. The van der Waals surface area contributed by atoms with Gasteiger partial charge in [-0.3, -0.25) is 0 Å². The Morgan fingerprint density at radius 1 is 0.947 bits per heavy atom. The Balaban J connectivity index is 2.37. The molecule has 0 aliphatic heterocycles. The van der Waals surface area contributed by atoms with Crippen molar-refractivity contribution in [2.24, 2.45) is 0 Å². The van der Waals surface area contributed by atoms with Crippen LogP contribution >= 0.6 is 0 Å². The van der Waals surface area contributed by atoms with Crippen LogP contribution in [0.3, 0.4) is 0 Å². The molecule has 0 saturated heterocycles. The van der Waals surface area contributed by atoms with Crippen LogP contribution in [0.4, 0.5) is 0 Å². The molecular formula is C18H26Zr. The molecule has 2 aliphatic rings. The maximum absolute atomic E-state index is 2.52. The van der Waals surface area contributed by atoms with Crippen molar-refractivity contribution in [2.75, 3.05) is 0 Å². The third-order valence-corrected chi connectivity index (χ3v) is 10.9. The molecule has 0 bridgehead atoms. The van der Waals surface area contributed by atoms with E-state index in [4.69, 9.17) is 0 Å². The van der Waals surface area contributed by atoms with Crippen molar-refractivity contribution in [3.63, 3.8) is 0 Å². The molecule has 0 aromatic carbocycles. The first-order valence-electron chi connectivity index (χ1n) is 7.39. The van der Waals surface area contributed by atoms with Gasteiger partial charge in [0.1, 0.15) is 0 Å². The number of hydrogen-bond donors (Lipinski definition) is 0. The number of allylic oxidation sites excluding steroid dienone is 8. The molecule has 0 aromatic heterocycles. The second kappa shape index (κ2) is 5.32. The van der Waals surface area contributed by atoms with E-state index >= 15 is 0 Å². The zero-order chi connectivity index (χ0) is 14.3. The van der Waals surface area contributed by atoms with Crippen LogP contribution < -0.4 is 0 Å². The summed E-state index contributed by atoms with van der Waals surface area (Å²) >= 11 is -0.637. The molecule has 0 spiro atoms. The van der Waals surface area contributed by atoms with Gasteiger partial charge in [-0.15, -0.1) is 0 Å². The molecular weight excluding hydrogens is 307 g/mol. The van der Waals surface area contributed by atoms with Crippen LogP contribution in [-0.2, 0) is 23.2 Å². The second-order valence-electron chi connectivity index (χ2n) is 6.26. The van der Waals surface area contributed by atoms with E-state index in [-0.39, 0.29) is 0 Å².